The largest absolute Gasteiger partial charge is 0.313 e. The van der Waals surface area contributed by atoms with Crippen LogP contribution in [-0.2, 0) is 20.0 Å². The molecule has 0 aromatic carbocycles. The molecule has 0 bridgehead atoms. The normalized spacial score (nSPS) is 13.1. The van der Waals surface area contributed by atoms with Crippen molar-refractivity contribution < 1.29 is 0 Å². The van der Waals surface area contributed by atoms with Gasteiger partial charge in [-0.2, -0.15) is 10.2 Å². The summed E-state index contributed by atoms with van der Waals surface area (Å²) in [6.45, 7) is 5.27. The third-order valence-corrected chi connectivity index (χ3v) is 3.10. The van der Waals surface area contributed by atoms with Crippen molar-refractivity contribution in [2.75, 3.05) is 7.05 Å². The maximum Gasteiger partial charge on any atom is 0.138 e. The summed E-state index contributed by atoms with van der Waals surface area (Å²) in [5, 5.41) is 11.8. The van der Waals surface area contributed by atoms with Gasteiger partial charge in [0.2, 0.25) is 0 Å². The van der Waals surface area contributed by atoms with Gasteiger partial charge in [0.25, 0.3) is 0 Å². The van der Waals surface area contributed by atoms with Crippen LogP contribution in [-0.4, -0.2) is 31.6 Å². The zero-order valence-corrected chi connectivity index (χ0v) is 12.0. The molecule has 1 unspecified atom stereocenters. The van der Waals surface area contributed by atoms with E-state index in [4.69, 9.17) is 0 Å². The maximum atomic E-state index is 4.37. The molecule has 2 rings (SSSR count). The highest BCUT2D eigenvalue weighted by Gasteiger charge is 2.16. The second kappa shape index (κ2) is 5.97. The second-order valence-corrected chi connectivity index (χ2v) is 5.24. The van der Waals surface area contributed by atoms with Gasteiger partial charge < -0.3 is 5.32 Å². The highest BCUT2D eigenvalue weighted by atomic mass is 15.3. The van der Waals surface area contributed by atoms with Gasteiger partial charge in [-0.3, -0.25) is 4.68 Å². The van der Waals surface area contributed by atoms with Crippen molar-refractivity contribution in [2.24, 2.45) is 13.0 Å². The Bertz CT molecular complexity index is 513. The number of rotatable bonds is 6. The Kier molecular flexibility index (Phi) is 4.31. The molecule has 0 aliphatic heterocycles. The van der Waals surface area contributed by atoms with Gasteiger partial charge in [-0.15, -0.1) is 0 Å². The molecule has 0 radical (unpaired) electrons. The second-order valence-electron chi connectivity index (χ2n) is 5.24. The molecule has 1 N–H and O–H groups in total. The Balaban J connectivity index is 2.12. The fraction of sp³-hybridized carbons (Fsp3) is 0.615. The Labute approximate surface area is 113 Å². The molecule has 19 heavy (non-hydrogen) atoms. The standard InChI is InChI=1S/C13H22N6/c1-10(2)7-19-13(15-9-17-19)5-12(14-3)11-6-16-18(4)8-11/h6,8-10,12,14H,5,7H2,1-4H3. The number of nitrogens with one attached hydrogen (secondary N) is 1. The van der Waals surface area contributed by atoms with Crippen molar-refractivity contribution >= 4 is 0 Å². The molecule has 104 valence electrons. The molecule has 0 amide bonds. The van der Waals surface area contributed by atoms with Crippen LogP contribution < -0.4 is 5.32 Å². The summed E-state index contributed by atoms with van der Waals surface area (Å²) in [6, 6.07) is 0.212. The monoisotopic (exact) mass is 262 g/mol. The average molecular weight is 262 g/mol. The van der Waals surface area contributed by atoms with Crippen molar-refractivity contribution in [2.45, 2.75) is 32.9 Å². The third kappa shape index (κ3) is 3.41. The first-order valence-electron chi connectivity index (χ1n) is 6.62. The van der Waals surface area contributed by atoms with Gasteiger partial charge in [0, 0.05) is 37.8 Å². The van der Waals surface area contributed by atoms with Crippen LogP contribution in [0.15, 0.2) is 18.7 Å². The molecule has 0 saturated heterocycles. The quantitative estimate of drug-likeness (QED) is 0.849. The number of likely N-dealkylation sites (N-methyl/N-ethyl adjacent to an activating group) is 1. The molecule has 0 aliphatic rings. The zero-order chi connectivity index (χ0) is 13.8. The summed E-state index contributed by atoms with van der Waals surface area (Å²) < 4.78 is 3.81. The van der Waals surface area contributed by atoms with Gasteiger partial charge in [-0.25, -0.2) is 9.67 Å². The van der Waals surface area contributed by atoms with E-state index in [1.54, 1.807) is 6.33 Å². The van der Waals surface area contributed by atoms with Gasteiger partial charge in [0.05, 0.1) is 6.20 Å². The molecule has 0 saturated carbocycles. The summed E-state index contributed by atoms with van der Waals surface area (Å²) in [6.07, 6.45) is 6.37. The minimum Gasteiger partial charge on any atom is -0.313 e. The van der Waals surface area contributed by atoms with Gasteiger partial charge in [-0.05, 0) is 13.0 Å². The molecule has 2 aromatic rings. The molecule has 6 nitrogen and oxygen atoms in total. The highest BCUT2D eigenvalue weighted by Crippen LogP contribution is 2.16. The molecule has 0 spiro atoms. The first kappa shape index (κ1) is 13.7. The van der Waals surface area contributed by atoms with E-state index in [-0.39, 0.29) is 6.04 Å². The van der Waals surface area contributed by atoms with Crippen molar-refractivity contribution in [3.63, 3.8) is 0 Å². The lowest BCUT2D eigenvalue weighted by Crippen LogP contribution is -2.21. The first-order valence-corrected chi connectivity index (χ1v) is 6.62. The zero-order valence-electron chi connectivity index (χ0n) is 12.0. The topological polar surface area (TPSA) is 60.6 Å². The van der Waals surface area contributed by atoms with Crippen LogP contribution in [0.5, 0.6) is 0 Å². The lowest BCUT2D eigenvalue weighted by molar-refractivity contribution is 0.451. The van der Waals surface area contributed by atoms with Crippen molar-refractivity contribution in [3.05, 3.63) is 30.1 Å². The minimum atomic E-state index is 0.212. The molecule has 0 fully saturated rings. The van der Waals surface area contributed by atoms with E-state index in [0.717, 1.165) is 18.8 Å². The molecular weight excluding hydrogens is 240 g/mol. The smallest absolute Gasteiger partial charge is 0.138 e. The lowest BCUT2D eigenvalue weighted by Gasteiger charge is -2.15. The number of hydrogen-bond donors (Lipinski definition) is 1. The molecule has 2 aromatic heterocycles. The number of aryl methyl sites for hydroxylation is 1. The number of hydrogen-bond acceptors (Lipinski definition) is 4. The summed E-state index contributed by atoms with van der Waals surface area (Å²) in [7, 11) is 3.89. The summed E-state index contributed by atoms with van der Waals surface area (Å²) >= 11 is 0. The highest BCUT2D eigenvalue weighted by molar-refractivity contribution is 5.12. The molecule has 0 aliphatic carbocycles. The van der Waals surface area contributed by atoms with Crippen molar-refractivity contribution in [1.82, 2.24) is 29.9 Å². The Morgan fingerprint density at radius 2 is 2.11 bits per heavy atom. The third-order valence-electron chi connectivity index (χ3n) is 3.10. The predicted octanol–water partition coefficient (Wildman–Crippen LogP) is 1.17. The van der Waals surface area contributed by atoms with Crippen LogP contribution in [0.4, 0.5) is 0 Å². The van der Waals surface area contributed by atoms with E-state index in [1.165, 1.54) is 5.56 Å². The van der Waals surface area contributed by atoms with Crippen LogP contribution in [0.3, 0.4) is 0 Å². The minimum absolute atomic E-state index is 0.212. The van der Waals surface area contributed by atoms with Crippen molar-refractivity contribution in [3.8, 4) is 0 Å². The van der Waals surface area contributed by atoms with Gasteiger partial charge >= 0.3 is 0 Å². The van der Waals surface area contributed by atoms with Crippen LogP contribution in [0.2, 0.25) is 0 Å². The Hall–Kier alpha value is -1.69. The predicted molar refractivity (Wildman–Crippen MR) is 73.6 cm³/mol. The summed E-state index contributed by atoms with van der Waals surface area (Å²) in [4.78, 5) is 4.37. The molecular formula is C13H22N6. The van der Waals surface area contributed by atoms with E-state index in [1.807, 2.05) is 35.9 Å². The fourth-order valence-corrected chi connectivity index (χ4v) is 2.13. The summed E-state index contributed by atoms with van der Waals surface area (Å²) in [5.74, 6) is 1.57. The van der Waals surface area contributed by atoms with Crippen LogP contribution in [0.25, 0.3) is 0 Å². The molecule has 6 heteroatoms. The Morgan fingerprint density at radius 3 is 2.68 bits per heavy atom. The van der Waals surface area contributed by atoms with E-state index < -0.39 is 0 Å². The van der Waals surface area contributed by atoms with Gasteiger partial charge in [0.15, 0.2) is 0 Å². The number of aromatic nitrogens is 5. The molecule has 2 heterocycles. The maximum absolute atomic E-state index is 4.37. The number of nitrogens with zero attached hydrogens (tertiary/aromatic N) is 5. The van der Waals surface area contributed by atoms with E-state index >= 15 is 0 Å². The van der Waals surface area contributed by atoms with E-state index in [0.29, 0.717) is 5.92 Å². The van der Waals surface area contributed by atoms with Gasteiger partial charge in [0.1, 0.15) is 12.2 Å². The summed E-state index contributed by atoms with van der Waals surface area (Å²) in [5.41, 5.74) is 1.17. The molecule has 1 atom stereocenters. The van der Waals surface area contributed by atoms with E-state index in [9.17, 15) is 0 Å². The van der Waals surface area contributed by atoms with Crippen LogP contribution in [0.1, 0.15) is 31.3 Å². The van der Waals surface area contributed by atoms with Gasteiger partial charge in [-0.1, -0.05) is 13.8 Å². The fourth-order valence-electron chi connectivity index (χ4n) is 2.13. The first-order chi connectivity index (χ1) is 9.10. The Morgan fingerprint density at radius 1 is 1.32 bits per heavy atom. The van der Waals surface area contributed by atoms with E-state index in [2.05, 4.69) is 34.3 Å². The van der Waals surface area contributed by atoms with Crippen molar-refractivity contribution in [1.29, 1.82) is 0 Å². The lowest BCUT2D eigenvalue weighted by atomic mass is 10.1. The SMILES string of the molecule is CNC(Cc1ncnn1CC(C)C)c1cnn(C)c1. The van der Waals surface area contributed by atoms with Crippen LogP contribution in [0, 0.1) is 5.92 Å². The van der Waals surface area contributed by atoms with Crippen LogP contribution >= 0.6 is 0 Å². The average Bonchev–Trinajstić information content (AvgIpc) is 2.95.